The van der Waals surface area contributed by atoms with Crippen LogP contribution < -0.4 is 0 Å². The van der Waals surface area contributed by atoms with E-state index in [1.54, 1.807) is 23.5 Å². The largest absolute Gasteiger partial charge is 0.380 e. The predicted octanol–water partition coefficient (Wildman–Crippen LogP) is 2.37. The van der Waals surface area contributed by atoms with E-state index >= 15 is 0 Å². The summed E-state index contributed by atoms with van der Waals surface area (Å²) in [6, 6.07) is 0. The summed E-state index contributed by atoms with van der Waals surface area (Å²) in [7, 11) is 0. The topological polar surface area (TPSA) is 27.7 Å². The van der Waals surface area contributed by atoms with Gasteiger partial charge in [-0.05, 0) is 6.92 Å². The van der Waals surface area contributed by atoms with Crippen molar-refractivity contribution in [3.63, 3.8) is 0 Å². The molecular formula is C10H20O3S4. The van der Waals surface area contributed by atoms with Crippen LogP contribution in [0.5, 0.6) is 0 Å². The van der Waals surface area contributed by atoms with E-state index in [2.05, 4.69) is 25.3 Å². The second kappa shape index (κ2) is 10.1. The molecule has 0 saturated carbocycles. The van der Waals surface area contributed by atoms with Gasteiger partial charge < -0.3 is 14.2 Å². The first kappa shape index (κ1) is 16.3. The summed E-state index contributed by atoms with van der Waals surface area (Å²) in [5.41, 5.74) is 0.0703. The molecule has 0 bridgehead atoms. The quantitative estimate of drug-likeness (QED) is 0.734. The highest BCUT2D eigenvalue weighted by atomic mass is 32.2. The Kier molecular flexibility index (Phi) is 9.72. The number of hydrogen-bond acceptors (Lipinski definition) is 7. The summed E-state index contributed by atoms with van der Waals surface area (Å²) in [6.07, 6.45) is 0. The molecule has 1 aliphatic rings. The fourth-order valence-corrected chi connectivity index (χ4v) is 4.78. The number of hydrogen-bond donors (Lipinski definition) is 2. The second-order valence-electron chi connectivity index (χ2n) is 3.38. The number of thiol groups is 2. The van der Waals surface area contributed by atoms with Crippen LogP contribution in [0.3, 0.4) is 0 Å². The second-order valence-corrected chi connectivity index (χ2v) is 7.87. The zero-order valence-corrected chi connectivity index (χ0v) is 13.3. The van der Waals surface area contributed by atoms with Crippen molar-refractivity contribution in [2.75, 3.05) is 38.8 Å². The highest BCUT2D eigenvalue weighted by molar-refractivity contribution is 8.21. The molecule has 0 N–H and O–H groups in total. The Labute approximate surface area is 123 Å². The molecule has 0 aromatic rings. The van der Waals surface area contributed by atoms with Crippen LogP contribution in [0.15, 0.2) is 0 Å². The van der Waals surface area contributed by atoms with Crippen molar-refractivity contribution in [2.24, 2.45) is 0 Å². The van der Waals surface area contributed by atoms with Crippen LogP contribution in [0.2, 0.25) is 0 Å². The Morgan fingerprint density at radius 1 is 1.35 bits per heavy atom. The first-order valence-corrected chi connectivity index (χ1v) is 8.66. The molecule has 3 unspecified atom stereocenters. The van der Waals surface area contributed by atoms with Gasteiger partial charge >= 0.3 is 0 Å². The van der Waals surface area contributed by atoms with Crippen molar-refractivity contribution >= 4 is 48.8 Å². The zero-order chi connectivity index (χ0) is 12.5. The summed E-state index contributed by atoms with van der Waals surface area (Å²) in [4.78, 5) is 0. The van der Waals surface area contributed by atoms with Gasteiger partial charge in [-0.1, -0.05) is 0 Å². The van der Waals surface area contributed by atoms with Crippen molar-refractivity contribution in [3.05, 3.63) is 0 Å². The molecule has 0 aliphatic carbocycles. The van der Waals surface area contributed by atoms with Gasteiger partial charge in [0.2, 0.25) is 0 Å². The smallest absolute Gasteiger partial charge is 0.127 e. The van der Waals surface area contributed by atoms with E-state index in [1.165, 1.54) is 0 Å². The summed E-state index contributed by atoms with van der Waals surface area (Å²) in [5, 5.41) is 0. The minimum atomic E-state index is 0.0703. The molecule has 1 saturated heterocycles. The lowest BCUT2D eigenvalue weighted by Crippen LogP contribution is -2.27. The third kappa shape index (κ3) is 7.44. The van der Waals surface area contributed by atoms with Gasteiger partial charge in [0.25, 0.3) is 0 Å². The Hall–Kier alpha value is 1.28. The molecule has 0 spiro atoms. The Morgan fingerprint density at radius 3 is 2.88 bits per heavy atom. The van der Waals surface area contributed by atoms with Crippen LogP contribution in [0.25, 0.3) is 0 Å². The van der Waals surface area contributed by atoms with Crippen LogP contribution in [0, 0.1) is 0 Å². The van der Waals surface area contributed by atoms with Crippen molar-refractivity contribution in [1.82, 2.24) is 0 Å². The third-order valence-electron chi connectivity index (χ3n) is 1.98. The standard InChI is InChI=1S/C10H20O3S4/c1-2-11-7-10-16-8(13-3-4-14)5-12-6-9(15)17-10/h8-10,14-15H,2-7H2,1H3. The number of thioether (sulfide) groups is 2. The first-order chi connectivity index (χ1) is 8.26. The molecular weight excluding hydrogens is 296 g/mol. The molecule has 102 valence electrons. The third-order valence-corrected chi connectivity index (χ3v) is 5.25. The zero-order valence-electron chi connectivity index (χ0n) is 9.91. The highest BCUT2D eigenvalue weighted by Crippen LogP contribution is 2.35. The Morgan fingerprint density at radius 2 is 2.18 bits per heavy atom. The van der Waals surface area contributed by atoms with Gasteiger partial charge in [-0.25, -0.2) is 0 Å². The summed E-state index contributed by atoms with van der Waals surface area (Å²) in [5.74, 6) is 0.732. The molecule has 1 aliphatic heterocycles. The lowest BCUT2D eigenvalue weighted by atomic mass is 10.7. The number of rotatable bonds is 6. The van der Waals surface area contributed by atoms with E-state index < -0.39 is 0 Å². The minimum absolute atomic E-state index is 0.0703. The molecule has 0 radical (unpaired) electrons. The van der Waals surface area contributed by atoms with Crippen LogP contribution in [0.4, 0.5) is 0 Å². The molecule has 17 heavy (non-hydrogen) atoms. The fourth-order valence-electron chi connectivity index (χ4n) is 1.28. The van der Waals surface area contributed by atoms with E-state index in [0.717, 1.165) is 19.0 Å². The molecule has 0 aromatic heterocycles. The molecule has 7 heteroatoms. The maximum atomic E-state index is 5.68. The highest BCUT2D eigenvalue weighted by Gasteiger charge is 2.24. The van der Waals surface area contributed by atoms with Crippen molar-refractivity contribution in [1.29, 1.82) is 0 Å². The van der Waals surface area contributed by atoms with Crippen LogP contribution in [0.1, 0.15) is 6.92 Å². The molecule has 0 aromatic carbocycles. The maximum absolute atomic E-state index is 5.68. The first-order valence-electron chi connectivity index (χ1n) is 5.63. The van der Waals surface area contributed by atoms with Crippen molar-refractivity contribution in [3.8, 4) is 0 Å². The van der Waals surface area contributed by atoms with E-state index in [1.807, 2.05) is 6.92 Å². The SMILES string of the molecule is CCOCC1SC(S)COCC(OCCS)S1. The van der Waals surface area contributed by atoms with E-state index in [0.29, 0.717) is 24.4 Å². The van der Waals surface area contributed by atoms with E-state index in [9.17, 15) is 0 Å². The van der Waals surface area contributed by atoms with Gasteiger partial charge in [0.15, 0.2) is 0 Å². The minimum Gasteiger partial charge on any atom is -0.380 e. The molecule has 1 rings (SSSR count). The molecule has 0 amide bonds. The van der Waals surface area contributed by atoms with Crippen LogP contribution in [-0.4, -0.2) is 53.4 Å². The molecule has 3 nitrogen and oxygen atoms in total. The fraction of sp³-hybridized carbons (Fsp3) is 1.00. The Balaban J connectivity index is 2.40. The van der Waals surface area contributed by atoms with Crippen LogP contribution >= 0.6 is 48.8 Å². The van der Waals surface area contributed by atoms with Gasteiger partial charge in [-0.2, -0.15) is 25.3 Å². The predicted molar refractivity (Wildman–Crippen MR) is 82.6 cm³/mol. The molecule has 1 fully saturated rings. The lowest BCUT2D eigenvalue weighted by Gasteiger charge is -2.28. The number of ether oxygens (including phenoxy) is 3. The Bertz CT molecular complexity index is 196. The van der Waals surface area contributed by atoms with Crippen molar-refractivity contribution in [2.45, 2.75) is 21.5 Å². The van der Waals surface area contributed by atoms with Gasteiger partial charge in [-0.15, -0.1) is 23.5 Å². The van der Waals surface area contributed by atoms with Gasteiger partial charge in [0.1, 0.15) is 5.44 Å². The molecule has 3 atom stereocenters. The maximum Gasteiger partial charge on any atom is 0.127 e. The molecule has 1 heterocycles. The average Bonchev–Trinajstić information content (AvgIpc) is 2.29. The summed E-state index contributed by atoms with van der Waals surface area (Å²) >= 11 is 12.2. The summed E-state index contributed by atoms with van der Waals surface area (Å²) < 4.78 is 17.3. The van der Waals surface area contributed by atoms with Gasteiger partial charge in [0.05, 0.1) is 35.6 Å². The van der Waals surface area contributed by atoms with Crippen molar-refractivity contribution < 1.29 is 14.2 Å². The van der Waals surface area contributed by atoms with E-state index in [4.69, 9.17) is 14.2 Å². The monoisotopic (exact) mass is 316 g/mol. The average molecular weight is 317 g/mol. The summed E-state index contributed by atoms with van der Waals surface area (Å²) in [6.45, 7) is 5.39. The lowest BCUT2D eigenvalue weighted by molar-refractivity contribution is 0.0385. The normalized spacial score (nSPS) is 30.9. The van der Waals surface area contributed by atoms with Gasteiger partial charge in [-0.3, -0.25) is 0 Å². The van der Waals surface area contributed by atoms with Gasteiger partial charge in [0, 0.05) is 12.4 Å². The van der Waals surface area contributed by atoms with E-state index in [-0.39, 0.29) is 10.0 Å². The van der Waals surface area contributed by atoms with Crippen LogP contribution in [-0.2, 0) is 14.2 Å².